The highest BCUT2D eigenvalue weighted by molar-refractivity contribution is 5.73. The maximum atomic E-state index is 10.6. The van der Waals surface area contributed by atoms with Crippen molar-refractivity contribution in [2.75, 3.05) is 0 Å². The molecular weight excluding hydrogens is 130 g/mol. The van der Waals surface area contributed by atoms with Crippen LogP contribution in [-0.2, 0) is 0 Å². The minimum atomic E-state index is 0.412. The highest BCUT2D eigenvalue weighted by Crippen LogP contribution is 1.95. The topological polar surface area (TPSA) is 44.0 Å². The molecule has 0 radical (unpaired) electrons. The normalized spacial score (nSPS) is 9.30. The molecule has 0 N–H and O–H groups in total. The van der Waals surface area contributed by atoms with E-state index in [9.17, 15) is 10.0 Å². The van der Waals surface area contributed by atoms with E-state index in [1.807, 2.05) is 0 Å². The molecule has 3 heteroatoms. The molecule has 0 aliphatic rings. The Morgan fingerprint density at radius 1 is 1.60 bits per heavy atom. The Morgan fingerprint density at radius 2 is 2.30 bits per heavy atom. The molecule has 0 aromatic carbocycles. The summed E-state index contributed by atoms with van der Waals surface area (Å²) in [7, 11) is 0. The van der Waals surface area contributed by atoms with Gasteiger partial charge < -0.3 is 5.21 Å². The number of carbonyl (C=O) groups excluding carboxylic acids is 1. The molecule has 0 amide bonds. The first kappa shape index (κ1) is 6.74. The number of carbonyl (C=O) groups is 1. The van der Waals surface area contributed by atoms with Crippen molar-refractivity contribution in [1.82, 2.24) is 0 Å². The van der Waals surface area contributed by atoms with E-state index in [0.717, 1.165) is 5.56 Å². The van der Waals surface area contributed by atoms with Crippen molar-refractivity contribution in [3.8, 4) is 0 Å². The van der Waals surface area contributed by atoms with Crippen LogP contribution in [0.2, 0.25) is 0 Å². The molecule has 1 aromatic heterocycles. The number of rotatable bonds is 1. The Labute approximate surface area is 58.5 Å². The Kier molecular flexibility index (Phi) is 1.67. The average molecular weight is 137 g/mol. The van der Waals surface area contributed by atoms with Gasteiger partial charge in [0.1, 0.15) is 0 Å². The van der Waals surface area contributed by atoms with E-state index < -0.39 is 0 Å². The first-order chi connectivity index (χ1) is 4.72. The van der Waals surface area contributed by atoms with Crippen LogP contribution >= 0.6 is 0 Å². The molecule has 10 heavy (non-hydrogen) atoms. The van der Waals surface area contributed by atoms with Gasteiger partial charge in [0.2, 0.25) is 0 Å². The van der Waals surface area contributed by atoms with Gasteiger partial charge in [-0.25, -0.2) is 0 Å². The molecule has 1 rings (SSSR count). The fourth-order valence-corrected chi connectivity index (χ4v) is 0.787. The van der Waals surface area contributed by atoms with Crippen molar-refractivity contribution in [2.24, 2.45) is 0 Å². The molecule has 0 fully saturated rings. The van der Waals surface area contributed by atoms with Gasteiger partial charge in [0.15, 0.2) is 18.7 Å². The third kappa shape index (κ3) is 1.31. The van der Waals surface area contributed by atoms with Crippen LogP contribution in [0.25, 0.3) is 0 Å². The molecule has 0 atom stereocenters. The van der Waals surface area contributed by atoms with Gasteiger partial charge in [0, 0.05) is 5.56 Å². The molecule has 0 bridgehead atoms. The summed E-state index contributed by atoms with van der Waals surface area (Å²) in [5, 5.41) is 10.6. The molecule has 3 nitrogen and oxygen atoms in total. The second-order valence-corrected chi connectivity index (χ2v) is 2.12. The van der Waals surface area contributed by atoms with E-state index in [4.69, 9.17) is 0 Å². The molecular formula is C7H7NO2. The number of aryl methyl sites for hydroxylation is 1. The third-order valence-electron chi connectivity index (χ3n) is 1.14. The van der Waals surface area contributed by atoms with E-state index in [2.05, 4.69) is 0 Å². The van der Waals surface area contributed by atoms with Crippen molar-refractivity contribution >= 4 is 6.29 Å². The lowest BCUT2D eigenvalue weighted by atomic mass is 10.2. The lowest BCUT2D eigenvalue weighted by molar-refractivity contribution is -0.605. The van der Waals surface area contributed by atoms with Crippen LogP contribution < -0.4 is 4.73 Å². The van der Waals surface area contributed by atoms with E-state index in [1.165, 1.54) is 12.4 Å². The predicted molar refractivity (Wildman–Crippen MR) is 35.5 cm³/mol. The zero-order valence-electron chi connectivity index (χ0n) is 5.57. The van der Waals surface area contributed by atoms with Crippen molar-refractivity contribution < 1.29 is 9.52 Å². The monoisotopic (exact) mass is 137 g/mol. The summed E-state index contributed by atoms with van der Waals surface area (Å²) in [5.74, 6) is 0. The molecule has 1 aromatic rings. The summed E-state index contributed by atoms with van der Waals surface area (Å²) in [5.41, 5.74) is 1.20. The highest BCUT2D eigenvalue weighted by Gasteiger charge is 1.96. The number of hydrogen-bond donors (Lipinski definition) is 0. The Hall–Kier alpha value is -1.38. The number of hydrogen-bond acceptors (Lipinski definition) is 2. The zero-order chi connectivity index (χ0) is 7.56. The number of nitrogens with zero attached hydrogens (tertiary/aromatic N) is 1. The summed E-state index contributed by atoms with van der Waals surface area (Å²) in [6.45, 7) is 1.77. The Balaban J connectivity index is 3.18. The van der Waals surface area contributed by atoms with Gasteiger partial charge in [0.05, 0.1) is 5.56 Å². The zero-order valence-corrected chi connectivity index (χ0v) is 5.57. The summed E-state index contributed by atoms with van der Waals surface area (Å²) in [6, 6.07) is 1.65. The fraction of sp³-hybridized carbons (Fsp3) is 0.143. The van der Waals surface area contributed by atoms with Crippen molar-refractivity contribution in [2.45, 2.75) is 6.92 Å². The van der Waals surface area contributed by atoms with E-state index in [1.54, 1.807) is 13.0 Å². The first-order valence-electron chi connectivity index (χ1n) is 2.88. The van der Waals surface area contributed by atoms with Gasteiger partial charge in [0.25, 0.3) is 0 Å². The second-order valence-electron chi connectivity index (χ2n) is 2.12. The van der Waals surface area contributed by atoms with Crippen LogP contribution in [0.1, 0.15) is 15.9 Å². The molecule has 0 aliphatic carbocycles. The smallest absolute Gasteiger partial charge is 0.190 e. The summed E-state index contributed by atoms with van der Waals surface area (Å²) in [6.07, 6.45) is 3.30. The van der Waals surface area contributed by atoms with Crippen LogP contribution in [0.3, 0.4) is 0 Å². The van der Waals surface area contributed by atoms with Crippen LogP contribution in [0.4, 0.5) is 0 Å². The number of aromatic nitrogens is 1. The van der Waals surface area contributed by atoms with Gasteiger partial charge in [-0.2, -0.15) is 4.73 Å². The van der Waals surface area contributed by atoms with Crippen molar-refractivity contribution in [3.05, 3.63) is 34.8 Å². The summed E-state index contributed by atoms with van der Waals surface area (Å²) >= 11 is 0. The minimum absolute atomic E-state index is 0.412. The SMILES string of the molecule is Cc1cc(C=O)c[n+]([O-])c1. The molecule has 0 spiro atoms. The molecule has 1 heterocycles. The Bertz CT molecular complexity index is 238. The molecule has 0 saturated carbocycles. The molecule has 0 aliphatic heterocycles. The van der Waals surface area contributed by atoms with E-state index in [0.29, 0.717) is 16.6 Å². The highest BCUT2D eigenvalue weighted by atomic mass is 16.5. The minimum Gasteiger partial charge on any atom is -0.619 e. The standard InChI is InChI=1S/C7H7NO2/c1-6-2-7(5-9)4-8(10)3-6/h2-5H,1H3. The molecule has 52 valence electrons. The van der Waals surface area contributed by atoms with Crippen LogP contribution in [0, 0.1) is 12.1 Å². The quantitative estimate of drug-likeness (QED) is 0.320. The maximum absolute atomic E-state index is 10.6. The van der Waals surface area contributed by atoms with E-state index >= 15 is 0 Å². The van der Waals surface area contributed by atoms with Crippen LogP contribution in [0.5, 0.6) is 0 Å². The van der Waals surface area contributed by atoms with E-state index in [-0.39, 0.29) is 0 Å². The molecule has 0 unspecified atom stereocenters. The lowest BCUT2D eigenvalue weighted by Gasteiger charge is -1.96. The van der Waals surface area contributed by atoms with Crippen LogP contribution in [0.15, 0.2) is 18.5 Å². The molecule has 0 saturated heterocycles. The predicted octanol–water partition coefficient (Wildman–Crippen LogP) is 0.441. The maximum Gasteiger partial charge on any atom is 0.190 e. The third-order valence-corrected chi connectivity index (χ3v) is 1.14. The summed E-state index contributed by atoms with van der Waals surface area (Å²) in [4.78, 5) is 10.2. The van der Waals surface area contributed by atoms with Gasteiger partial charge in [-0.3, -0.25) is 4.79 Å². The van der Waals surface area contributed by atoms with Gasteiger partial charge in [-0.15, -0.1) is 0 Å². The average Bonchev–Trinajstić information content (AvgIpc) is 1.85. The first-order valence-corrected chi connectivity index (χ1v) is 2.88. The Morgan fingerprint density at radius 3 is 2.80 bits per heavy atom. The number of aldehydes is 1. The summed E-state index contributed by atoms with van der Waals surface area (Å²) < 4.78 is 0.624. The van der Waals surface area contributed by atoms with Gasteiger partial charge >= 0.3 is 0 Å². The number of pyridine rings is 1. The van der Waals surface area contributed by atoms with Crippen molar-refractivity contribution in [1.29, 1.82) is 0 Å². The lowest BCUT2D eigenvalue weighted by Crippen LogP contribution is -2.25. The van der Waals surface area contributed by atoms with Gasteiger partial charge in [-0.05, 0) is 13.0 Å². The second kappa shape index (κ2) is 2.47. The fourth-order valence-electron chi connectivity index (χ4n) is 0.787. The largest absolute Gasteiger partial charge is 0.619 e. The van der Waals surface area contributed by atoms with Crippen LogP contribution in [-0.4, -0.2) is 6.29 Å². The van der Waals surface area contributed by atoms with Gasteiger partial charge in [-0.1, -0.05) is 0 Å². The van der Waals surface area contributed by atoms with Crippen molar-refractivity contribution in [3.63, 3.8) is 0 Å².